The fraction of sp³-hybridized carbons (Fsp3) is 0.370. The lowest BCUT2D eigenvalue weighted by atomic mass is 9.99. The predicted octanol–water partition coefficient (Wildman–Crippen LogP) is 3.46. The molecule has 3 heterocycles. The Labute approximate surface area is 223 Å². The molecule has 0 saturated carbocycles. The molecule has 1 amide bonds. The van der Waals surface area contributed by atoms with Gasteiger partial charge >= 0.3 is 0 Å². The highest BCUT2D eigenvalue weighted by Crippen LogP contribution is 2.30. The van der Waals surface area contributed by atoms with Crippen molar-refractivity contribution in [3.05, 3.63) is 71.9 Å². The van der Waals surface area contributed by atoms with E-state index in [1.807, 2.05) is 11.8 Å². The molecule has 2 aliphatic heterocycles. The number of rotatable bonds is 6. The highest BCUT2D eigenvalue weighted by Gasteiger charge is 2.31. The molecule has 0 radical (unpaired) electrons. The molecule has 202 valence electrons. The maximum Gasteiger partial charge on any atom is 0.263 e. The number of carbonyl (C=O) groups excluding carboxylic acids is 1. The van der Waals surface area contributed by atoms with Gasteiger partial charge < -0.3 is 14.7 Å². The number of anilines is 3. The van der Waals surface area contributed by atoms with Gasteiger partial charge in [0.05, 0.1) is 4.90 Å². The summed E-state index contributed by atoms with van der Waals surface area (Å²) in [7, 11) is -3.78. The van der Waals surface area contributed by atoms with Gasteiger partial charge in [0.2, 0.25) is 5.91 Å². The number of nitrogens with one attached hydrogen (secondary N) is 1. The number of aryl methyl sites for hydroxylation is 2. The Kier molecular flexibility index (Phi) is 7.20. The van der Waals surface area contributed by atoms with Gasteiger partial charge in [0.15, 0.2) is 0 Å². The summed E-state index contributed by atoms with van der Waals surface area (Å²) in [6.45, 7) is 6.88. The van der Waals surface area contributed by atoms with Crippen molar-refractivity contribution in [2.75, 3.05) is 47.2 Å². The summed E-state index contributed by atoms with van der Waals surface area (Å²) >= 11 is 0. The van der Waals surface area contributed by atoms with E-state index in [0.717, 1.165) is 36.3 Å². The van der Waals surface area contributed by atoms with Crippen LogP contribution in [-0.2, 0) is 21.2 Å². The summed E-state index contributed by atoms with van der Waals surface area (Å²) in [5.41, 5.74) is 3.45. The summed E-state index contributed by atoms with van der Waals surface area (Å²) in [6.07, 6.45) is 3.02. The zero-order chi connectivity index (χ0) is 26.9. The van der Waals surface area contributed by atoms with Crippen LogP contribution in [0.3, 0.4) is 0 Å². The van der Waals surface area contributed by atoms with Crippen LogP contribution in [0, 0.1) is 12.7 Å². The molecule has 3 aromatic rings. The Balaban J connectivity index is 0.00000353. The first-order chi connectivity index (χ1) is 18.2. The third-order valence-electron chi connectivity index (χ3n) is 7.17. The van der Waals surface area contributed by atoms with Crippen molar-refractivity contribution in [3.63, 3.8) is 0 Å². The Bertz CT molecular complexity index is 1430. The van der Waals surface area contributed by atoms with Gasteiger partial charge in [0.25, 0.3) is 10.0 Å². The molecule has 2 aromatic carbocycles. The number of nitrogens with zero attached hydrogens (tertiary/aromatic N) is 5. The summed E-state index contributed by atoms with van der Waals surface area (Å²) < 4.78 is 41.7. The highest BCUT2D eigenvalue weighted by molar-refractivity contribution is 7.92. The lowest BCUT2D eigenvalue weighted by Crippen LogP contribution is -2.55. The number of sulfonamides is 1. The largest absolute Gasteiger partial charge is 0.368 e. The second-order valence-corrected chi connectivity index (χ2v) is 11.4. The van der Waals surface area contributed by atoms with Gasteiger partial charge in [-0.3, -0.25) is 9.52 Å². The number of halogens is 1. The first kappa shape index (κ1) is 25.9. The lowest BCUT2D eigenvalue weighted by Gasteiger charge is -2.41. The number of hydrogen-bond donors (Lipinski definition) is 1. The number of benzene rings is 2. The topological polar surface area (TPSA) is 98.7 Å². The normalized spacial score (nSPS) is 16.7. The van der Waals surface area contributed by atoms with Crippen LogP contribution < -0.4 is 14.5 Å². The molecule has 5 rings (SSSR count). The Morgan fingerprint density at radius 3 is 2.47 bits per heavy atom. The van der Waals surface area contributed by atoms with E-state index in [-0.39, 0.29) is 29.9 Å². The number of piperazine rings is 1. The van der Waals surface area contributed by atoms with Crippen LogP contribution in [-0.4, -0.2) is 68.0 Å². The van der Waals surface area contributed by atoms with Crippen LogP contribution in [0.4, 0.5) is 21.6 Å². The van der Waals surface area contributed by atoms with Crippen molar-refractivity contribution in [1.29, 1.82) is 0 Å². The van der Waals surface area contributed by atoms with E-state index in [0.29, 0.717) is 31.9 Å². The van der Waals surface area contributed by atoms with Gasteiger partial charge in [0, 0.05) is 57.3 Å². The third kappa shape index (κ3) is 5.42. The van der Waals surface area contributed by atoms with Crippen LogP contribution in [0.15, 0.2) is 59.8 Å². The average molecular weight is 541 g/mol. The first-order valence-corrected chi connectivity index (χ1v) is 14.2. The Hall–Kier alpha value is -3.73. The average Bonchev–Trinajstić information content (AvgIpc) is 2.91. The molecule has 11 heteroatoms. The quantitative estimate of drug-likeness (QED) is 0.511. The molecule has 9 nitrogen and oxygen atoms in total. The fourth-order valence-corrected chi connectivity index (χ4v) is 6.12. The van der Waals surface area contributed by atoms with Crippen LogP contribution >= 0.6 is 0 Å². The fourth-order valence-electron chi connectivity index (χ4n) is 5.12. The van der Waals surface area contributed by atoms with Gasteiger partial charge in [-0.2, -0.15) is 0 Å². The molecule has 0 spiro atoms. The van der Waals surface area contributed by atoms with Crippen LogP contribution in [0.1, 0.15) is 26.0 Å². The maximum absolute atomic E-state index is 13.7. The highest BCUT2D eigenvalue weighted by atomic mass is 32.2. The molecular formula is C27H33FN6O3S. The van der Waals surface area contributed by atoms with E-state index >= 15 is 0 Å². The van der Waals surface area contributed by atoms with Crippen LogP contribution in [0.2, 0.25) is 0 Å². The molecule has 0 unspecified atom stereocenters. The zero-order valence-electron chi connectivity index (χ0n) is 21.5. The molecule has 1 aromatic heterocycles. The molecule has 2 aliphatic rings. The number of amides is 1. The van der Waals surface area contributed by atoms with Crippen molar-refractivity contribution in [3.8, 4) is 0 Å². The summed E-state index contributed by atoms with van der Waals surface area (Å²) in [5.74, 6) is 0.0366. The van der Waals surface area contributed by atoms with Crippen molar-refractivity contribution < 1.29 is 19.0 Å². The Morgan fingerprint density at radius 2 is 1.76 bits per heavy atom. The molecule has 0 bridgehead atoms. The molecule has 1 N–H and O–H groups in total. The second kappa shape index (κ2) is 10.6. The minimum atomic E-state index is -3.78. The van der Waals surface area contributed by atoms with Gasteiger partial charge in [-0.05, 0) is 74.7 Å². The van der Waals surface area contributed by atoms with E-state index in [1.165, 1.54) is 12.4 Å². The van der Waals surface area contributed by atoms with E-state index in [2.05, 4.69) is 24.5 Å². The summed E-state index contributed by atoms with van der Waals surface area (Å²) in [4.78, 5) is 27.5. The number of aromatic nitrogens is 2. The minimum absolute atomic E-state index is 0. The maximum atomic E-state index is 13.7. The summed E-state index contributed by atoms with van der Waals surface area (Å²) in [6, 6.07) is 12.7. The molecule has 0 aliphatic carbocycles. The molecule has 38 heavy (non-hydrogen) atoms. The van der Waals surface area contributed by atoms with E-state index in [4.69, 9.17) is 0 Å². The van der Waals surface area contributed by atoms with Crippen LogP contribution in [0.25, 0.3) is 0 Å². The van der Waals surface area contributed by atoms with Gasteiger partial charge in [0.1, 0.15) is 24.0 Å². The van der Waals surface area contributed by atoms with E-state index in [9.17, 15) is 17.6 Å². The zero-order valence-corrected chi connectivity index (χ0v) is 22.3. The molecular weight excluding hydrogens is 507 g/mol. The van der Waals surface area contributed by atoms with Gasteiger partial charge in [-0.25, -0.2) is 22.8 Å². The number of hydrogen-bond acceptors (Lipinski definition) is 7. The first-order valence-electron chi connectivity index (χ1n) is 12.7. The van der Waals surface area contributed by atoms with Crippen molar-refractivity contribution in [2.24, 2.45) is 0 Å². The summed E-state index contributed by atoms with van der Waals surface area (Å²) in [5, 5.41) is 0. The van der Waals surface area contributed by atoms with Crippen molar-refractivity contribution >= 4 is 33.1 Å². The van der Waals surface area contributed by atoms with Crippen molar-refractivity contribution in [1.82, 2.24) is 14.9 Å². The lowest BCUT2D eigenvalue weighted by molar-refractivity contribution is -0.132. The third-order valence-corrected chi connectivity index (χ3v) is 8.54. The van der Waals surface area contributed by atoms with E-state index in [1.54, 1.807) is 49.4 Å². The number of fused-ring (bicyclic) bond motifs is 1. The van der Waals surface area contributed by atoms with Crippen LogP contribution in [0.5, 0.6) is 0 Å². The smallest absolute Gasteiger partial charge is 0.263 e. The molecule has 1 saturated heterocycles. The molecule has 1 atom stereocenters. The SMILES string of the molecule is Cc1cc(NS(=O)(=O)c2ccc(N3CCN(C(=O)[C@H](C)N4CCCc5cc(F)ccc54)CC3)cc2)ncn1.[HH]. The van der Waals surface area contributed by atoms with Crippen molar-refractivity contribution in [2.45, 2.75) is 37.6 Å². The second-order valence-electron chi connectivity index (χ2n) is 9.70. The van der Waals surface area contributed by atoms with Gasteiger partial charge in [-0.15, -0.1) is 0 Å². The minimum Gasteiger partial charge on any atom is -0.368 e. The Morgan fingerprint density at radius 1 is 1.03 bits per heavy atom. The predicted molar refractivity (Wildman–Crippen MR) is 146 cm³/mol. The monoisotopic (exact) mass is 540 g/mol. The van der Waals surface area contributed by atoms with Gasteiger partial charge in [-0.1, -0.05) is 0 Å². The number of carbonyl (C=O) groups is 1. The van der Waals surface area contributed by atoms with E-state index < -0.39 is 10.0 Å². The standard InChI is InChI=1S/C27H31FN6O3S.H2/c1-19-16-26(30-18-29-19)31-38(36,37)24-8-6-23(7-9-24)32-12-14-33(15-13-32)27(35)20(2)34-11-3-4-21-17-22(28)5-10-25(21)34;/h5-10,16-18,20H,3-4,11-15H2,1-2H3,(H,29,30,31);1H/t20-;/m0./s1. The molecule has 1 fully saturated rings.